The van der Waals surface area contributed by atoms with E-state index in [4.69, 9.17) is 10.5 Å². The van der Waals surface area contributed by atoms with Gasteiger partial charge in [0.25, 0.3) is 0 Å². The summed E-state index contributed by atoms with van der Waals surface area (Å²) in [5.41, 5.74) is 5.26. The first-order valence-electron chi connectivity index (χ1n) is 34.1. The third-order valence-corrected chi connectivity index (χ3v) is 14.8. The lowest BCUT2D eigenvalue weighted by Gasteiger charge is -2.10. The molecule has 0 saturated carbocycles. The van der Waals surface area contributed by atoms with E-state index in [1.54, 1.807) is 0 Å². The molecule has 452 valence electrons. The van der Waals surface area contributed by atoms with Gasteiger partial charge in [0.2, 0.25) is 0 Å². The summed E-state index contributed by atoms with van der Waals surface area (Å²) in [7, 11) is 6.38. The van der Waals surface area contributed by atoms with Gasteiger partial charge in [-0.3, -0.25) is 0 Å². The number of unbranched alkanes of at least 4 members (excludes halogenated alkanes) is 45. The predicted octanol–water partition coefficient (Wildman–Crippen LogP) is 21.0. The van der Waals surface area contributed by atoms with E-state index in [-0.39, 0.29) is 0 Å². The zero-order valence-electron chi connectivity index (χ0n) is 53.6. The maximum Gasteiger partial charge on any atom is 0.106 e. The van der Waals surface area contributed by atoms with Crippen molar-refractivity contribution in [3.05, 3.63) is 0 Å². The molecule has 0 unspecified atom stereocenters. The lowest BCUT2D eigenvalue weighted by Crippen LogP contribution is -2.24. The standard InChI is InChI=1S/2C24H51N.C14H31N.C5H14N2.CH2O/c2*1-3-5-7-9-11-13-15-17-19-21-23-25-24-22-20-18-16-14-12-10-8-6-4-2;1-4-5-6-7-8-9-10-11-12-13-14-15(2)3;1-3-7(2)5-4-6;1-2/h2*25H,3-24H2,1-2H3;4-14H2,1-3H3;3-6H2,1-2H3;1H2. The minimum atomic E-state index is 0.768. The molecule has 0 aromatic rings. The Balaban J connectivity index is -0.000000304. The van der Waals surface area contributed by atoms with Gasteiger partial charge in [-0.1, -0.05) is 330 Å². The van der Waals surface area contributed by atoms with E-state index in [1.807, 2.05) is 6.79 Å². The molecule has 0 fully saturated rings. The van der Waals surface area contributed by atoms with Crippen LogP contribution in [-0.2, 0) is 4.79 Å². The van der Waals surface area contributed by atoms with Crippen LogP contribution in [0.3, 0.4) is 0 Å². The number of nitrogens with two attached hydrogens (primary N) is 1. The van der Waals surface area contributed by atoms with E-state index in [1.165, 1.54) is 354 Å². The minimum Gasteiger partial charge on any atom is -0.329 e. The largest absolute Gasteiger partial charge is 0.329 e. The number of hydrogen-bond donors (Lipinski definition) is 3. The molecule has 0 amide bonds. The smallest absolute Gasteiger partial charge is 0.106 e. The zero-order valence-corrected chi connectivity index (χ0v) is 53.6. The highest BCUT2D eigenvalue weighted by Gasteiger charge is 1.98. The highest BCUT2D eigenvalue weighted by Crippen LogP contribution is 2.14. The average molecular weight is 1050 g/mol. The molecule has 0 aliphatic heterocycles. The molecule has 6 heteroatoms. The quantitative estimate of drug-likeness (QED) is 0.0527. The summed E-state index contributed by atoms with van der Waals surface area (Å²) in [4.78, 5) is 12.5. The van der Waals surface area contributed by atoms with Crippen molar-refractivity contribution < 1.29 is 4.79 Å². The lowest BCUT2D eigenvalue weighted by molar-refractivity contribution is -0.0980. The first kappa shape index (κ1) is 82.3. The maximum atomic E-state index is 8.00. The molecule has 0 atom stereocenters. The van der Waals surface area contributed by atoms with Gasteiger partial charge >= 0.3 is 0 Å². The van der Waals surface area contributed by atoms with Gasteiger partial charge in [0.1, 0.15) is 6.79 Å². The van der Waals surface area contributed by atoms with Crippen molar-refractivity contribution in [1.82, 2.24) is 20.4 Å². The van der Waals surface area contributed by atoms with Crippen molar-refractivity contribution in [2.24, 2.45) is 5.73 Å². The van der Waals surface area contributed by atoms with Gasteiger partial charge in [0.15, 0.2) is 0 Å². The summed E-state index contributed by atoms with van der Waals surface area (Å²) in [6.45, 7) is 24.7. The summed E-state index contributed by atoms with van der Waals surface area (Å²) in [5.74, 6) is 0. The van der Waals surface area contributed by atoms with Crippen molar-refractivity contribution in [2.75, 3.05) is 73.5 Å². The van der Waals surface area contributed by atoms with E-state index in [0.29, 0.717) is 0 Å². The van der Waals surface area contributed by atoms with Crippen LogP contribution in [0.5, 0.6) is 0 Å². The Hall–Kier alpha value is -0.530. The molecule has 6 nitrogen and oxygen atoms in total. The second-order valence-corrected chi connectivity index (χ2v) is 22.9. The third-order valence-electron chi connectivity index (χ3n) is 14.8. The Morgan fingerprint density at radius 2 is 0.446 bits per heavy atom. The van der Waals surface area contributed by atoms with E-state index >= 15 is 0 Å². The van der Waals surface area contributed by atoms with Crippen molar-refractivity contribution in [2.45, 2.75) is 363 Å². The van der Waals surface area contributed by atoms with E-state index in [0.717, 1.165) is 19.6 Å². The van der Waals surface area contributed by atoms with Crippen LogP contribution in [0.15, 0.2) is 0 Å². The molecule has 0 aliphatic carbocycles. The summed E-state index contributed by atoms with van der Waals surface area (Å²) in [6.07, 6.45) is 71.9. The molecule has 74 heavy (non-hydrogen) atoms. The Labute approximate surface area is 471 Å². The van der Waals surface area contributed by atoms with Crippen LogP contribution in [0.4, 0.5) is 0 Å². The van der Waals surface area contributed by atoms with Crippen LogP contribution in [-0.4, -0.2) is 90.1 Å². The summed E-state index contributed by atoms with van der Waals surface area (Å²) in [6, 6.07) is 0. The van der Waals surface area contributed by atoms with Gasteiger partial charge in [-0.05, 0) is 92.5 Å². The summed E-state index contributed by atoms with van der Waals surface area (Å²) in [5, 5.41) is 7.27. The first-order valence-corrected chi connectivity index (χ1v) is 34.1. The van der Waals surface area contributed by atoms with Crippen LogP contribution in [0.2, 0.25) is 0 Å². The van der Waals surface area contributed by atoms with Crippen molar-refractivity contribution in [1.29, 1.82) is 0 Å². The minimum absolute atomic E-state index is 0.768. The maximum absolute atomic E-state index is 8.00. The number of nitrogens with one attached hydrogen (secondary N) is 2. The van der Waals surface area contributed by atoms with Gasteiger partial charge in [0, 0.05) is 13.1 Å². The molecule has 0 rings (SSSR count). The Morgan fingerprint density at radius 1 is 0.270 bits per heavy atom. The fraction of sp³-hybridized carbons (Fsp3) is 0.985. The Bertz CT molecular complexity index is 755. The SMILES string of the molecule is C=O.CCCCCCCCCCCCN(C)C.CCCCCCCCCCCCNCCCCCCCCCCCC.CCCCCCCCCCCCNCCCCCCCCCCCC.CCN(C)CCN. The normalized spacial score (nSPS) is 10.9. The predicted molar refractivity (Wildman–Crippen MR) is 343 cm³/mol. The highest BCUT2D eigenvalue weighted by molar-refractivity contribution is 5.11. The van der Waals surface area contributed by atoms with E-state index < -0.39 is 0 Å². The van der Waals surface area contributed by atoms with Gasteiger partial charge in [-0.2, -0.15) is 0 Å². The van der Waals surface area contributed by atoms with E-state index in [9.17, 15) is 0 Å². The number of carbonyl (C=O) groups is 1. The monoisotopic (exact) mass is 1050 g/mol. The molecular weight excluding hydrogens is 903 g/mol. The number of hydrogen-bond acceptors (Lipinski definition) is 6. The number of carbonyl (C=O) groups excluding carboxylic acids is 1. The third kappa shape index (κ3) is 97.1. The molecule has 0 aromatic carbocycles. The molecule has 0 radical (unpaired) electrons. The van der Waals surface area contributed by atoms with Crippen LogP contribution < -0.4 is 16.4 Å². The Morgan fingerprint density at radius 3 is 0.595 bits per heavy atom. The summed E-state index contributed by atoms with van der Waals surface area (Å²) < 4.78 is 0. The van der Waals surface area contributed by atoms with Crippen molar-refractivity contribution in [3.63, 3.8) is 0 Å². The first-order chi connectivity index (χ1) is 36.4. The molecule has 0 saturated heterocycles. The van der Waals surface area contributed by atoms with Gasteiger partial charge in [0.05, 0.1) is 0 Å². The molecule has 0 aliphatic rings. The van der Waals surface area contributed by atoms with Crippen LogP contribution in [0.25, 0.3) is 0 Å². The number of likely N-dealkylation sites (N-methyl/N-ethyl adjacent to an activating group) is 1. The van der Waals surface area contributed by atoms with E-state index in [2.05, 4.69) is 83.1 Å². The lowest BCUT2D eigenvalue weighted by atomic mass is 10.1. The topological polar surface area (TPSA) is 73.6 Å². The zero-order chi connectivity index (χ0) is 55.6. The number of rotatable bonds is 58. The highest BCUT2D eigenvalue weighted by atomic mass is 16.1. The molecular formula is C68H149N5O. The van der Waals surface area contributed by atoms with Crippen LogP contribution in [0, 0.1) is 0 Å². The van der Waals surface area contributed by atoms with Crippen LogP contribution in [0.1, 0.15) is 363 Å². The second kappa shape index (κ2) is 86.4. The molecule has 0 heterocycles. The molecule has 0 aromatic heterocycles. The molecule has 0 spiro atoms. The number of nitrogens with zero attached hydrogens (tertiary/aromatic N) is 2. The average Bonchev–Trinajstić information content (AvgIpc) is 3.41. The molecule has 4 N–H and O–H groups in total. The summed E-state index contributed by atoms with van der Waals surface area (Å²) >= 11 is 0. The Kier molecular flexibility index (Phi) is 96.1. The molecule has 0 bridgehead atoms. The van der Waals surface area contributed by atoms with Crippen molar-refractivity contribution in [3.8, 4) is 0 Å². The second-order valence-electron chi connectivity index (χ2n) is 22.9. The van der Waals surface area contributed by atoms with Gasteiger partial charge in [-0.15, -0.1) is 0 Å². The fourth-order valence-corrected chi connectivity index (χ4v) is 9.49. The van der Waals surface area contributed by atoms with Gasteiger partial charge in [-0.25, -0.2) is 0 Å². The van der Waals surface area contributed by atoms with Crippen LogP contribution >= 0.6 is 0 Å². The van der Waals surface area contributed by atoms with Gasteiger partial charge < -0.3 is 31.0 Å². The fourth-order valence-electron chi connectivity index (χ4n) is 9.49. The van der Waals surface area contributed by atoms with Crippen molar-refractivity contribution >= 4 is 6.79 Å².